The highest BCUT2D eigenvalue weighted by atomic mass is 79.9. The largest absolute Gasteiger partial charge is 0.411 e. The molecule has 0 saturated heterocycles. The van der Waals surface area contributed by atoms with Gasteiger partial charge in [-0.1, -0.05) is 41.1 Å². The second kappa shape index (κ2) is 7.87. The minimum Gasteiger partial charge on any atom is -0.370 e. The van der Waals surface area contributed by atoms with Gasteiger partial charge in [-0.2, -0.15) is 13.2 Å². The lowest BCUT2D eigenvalue weighted by atomic mass is 10.1. The van der Waals surface area contributed by atoms with Crippen LogP contribution in [0.15, 0.2) is 28.7 Å². The number of benzene rings is 1. The number of halogens is 4. The van der Waals surface area contributed by atoms with Crippen LogP contribution in [0.3, 0.4) is 0 Å². The Kier molecular flexibility index (Phi) is 6.82. The molecule has 0 aromatic heterocycles. The molecule has 0 heterocycles. The van der Waals surface area contributed by atoms with Crippen molar-refractivity contribution in [2.45, 2.75) is 25.6 Å². The molecule has 0 fully saturated rings. The summed E-state index contributed by atoms with van der Waals surface area (Å²) in [6, 6.07) is 7.52. The number of rotatable bonds is 7. The van der Waals surface area contributed by atoms with Crippen LogP contribution in [-0.4, -0.2) is 32.0 Å². The molecule has 2 nitrogen and oxygen atoms in total. The summed E-state index contributed by atoms with van der Waals surface area (Å²) in [4.78, 5) is 0. The zero-order valence-corrected chi connectivity index (χ0v) is 12.2. The van der Waals surface area contributed by atoms with Crippen LogP contribution in [0.5, 0.6) is 0 Å². The molecule has 1 aromatic rings. The van der Waals surface area contributed by atoms with Crippen LogP contribution in [0.2, 0.25) is 0 Å². The molecule has 0 radical (unpaired) electrons. The summed E-state index contributed by atoms with van der Waals surface area (Å²) >= 11 is 3.43. The Labute approximate surface area is 119 Å². The SMILES string of the molecule is CCNC(COCC(F)(F)F)Cc1ccccc1Br. The molecule has 1 atom stereocenters. The van der Waals surface area contributed by atoms with Crippen molar-refractivity contribution in [2.24, 2.45) is 0 Å². The van der Waals surface area contributed by atoms with Gasteiger partial charge in [-0.25, -0.2) is 0 Å². The van der Waals surface area contributed by atoms with E-state index in [-0.39, 0.29) is 12.6 Å². The van der Waals surface area contributed by atoms with Gasteiger partial charge >= 0.3 is 6.18 Å². The maximum absolute atomic E-state index is 12.0. The smallest absolute Gasteiger partial charge is 0.370 e. The first-order valence-corrected chi connectivity index (χ1v) is 6.83. The lowest BCUT2D eigenvalue weighted by Crippen LogP contribution is -2.36. The molecule has 0 amide bonds. The number of likely N-dealkylation sites (N-methyl/N-ethyl adjacent to an activating group) is 1. The Morgan fingerprint density at radius 3 is 2.58 bits per heavy atom. The highest BCUT2D eigenvalue weighted by Gasteiger charge is 2.27. The molecule has 0 saturated carbocycles. The fourth-order valence-electron chi connectivity index (χ4n) is 1.73. The van der Waals surface area contributed by atoms with Crippen molar-refractivity contribution in [2.75, 3.05) is 19.8 Å². The molecule has 1 N–H and O–H groups in total. The van der Waals surface area contributed by atoms with Gasteiger partial charge in [-0.15, -0.1) is 0 Å². The van der Waals surface area contributed by atoms with Crippen molar-refractivity contribution >= 4 is 15.9 Å². The number of alkyl halides is 3. The molecule has 0 aliphatic carbocycles. The fourth-order valence-corrected chi connectivity index (χ4v) is 2.17. The van der Waals surface area contributed by atoms with Gasteiger partial charge in [0.05, 0.1) is 6.61 Å². The predicted octanol–water partition coefficient (Wildman–Crippen LogP) is 3.55. The minimum atomic E-state index is -4.27. The summed E-state index contributed by atoms with van der Waals surface area (Å²) in [5.74, 6) is 0. The Morgan fingerprint density at radius 2 is 2.00 bits per heavy atom. The summed E-state index contributed by atoms with van der Waals surface area (Å²) in [6.07, 6.45) is -3.66. The first-order chi connectivity index (χ1) is 8.92. The average Bonchev–Trinajstić information content (AvgIpc) is 2.30. The first kappa shape index (κ1) is 16.5. The van der Waals surface area contributed by atoms with Crippen LogP contribution in [0.1, 0.15) is 12.5 Å². The molecule has 108 valence electrons. The van der Waals surface area contributed by atoms with E-state index >= 15 is 0 Å². The van der Waals surface area contributed by atoms with Crippen molar-refractivity contribution < 1.29 is 17.9 Å². The average molecular weight is 340 g/mol. The highest BCUT2D eigenvalue weighted by molar-refractivity contribution is 9.10. The molecule has 0 aliphatic heterocycles. The topological polar surface area (TPSA) is 21.3 Å². The molecule has 6 heteroatoms. The van der Waals surface area contributed by atoms with Gasteiger partial charge in [0.15, 0.2) is 0 Å². The number of nitrogens with one attached hydrogen (secondary N) is 1. The summed E-state index contributed by atoms with van der Waals surface area (Å²) in [6.45, 7) is 1.43. The molecular formula is C13H17BrF3NO. The second-order valence-electron chi connectivity index (χ2n) is 4.18. The van der Waals surface area contributed by atoms with Crippen molar-refractivity contribution in [3.05, 3.63) is 34.3 Å². The van der Waals surface area contributed by atoms with Gasteiger partial charge in [0.2, 0.25) is 0 Å². The van der Waals surface area contributed by atoms with E-state index in [1.807, 2.05) is 31.2 Å². The lowest BCUT2D eigenvalue weighted by molar-refractivity contribution is -0.175. The second-order valence-corrected chi connectivity index (χ2v) is 5.03. The maximum Gasteiger partial charge on any atom is 0.411 e. The van der Waals surface area contributed by atoms with Gasteiger partial charge in [-0.05, 0) is 24.6 Å². The standard InChI is InChI=1S/C13H17BrF3NO/c1-2-18-11(8-19-9-13(15,16)17)7-10-5-3-4-6-12(10)14/h3-6,11,18H,2,7-9H2,1H3. The van der Waals surface area contributed by atoms with Gasteiger partial charge in [0.1, 0.15) is 6.61 Å². The Balaban J connectivity index is 2.51. The maximum atomic E-state index is 12.0. The van der Waals surface area contributed by atoms with Gasteiger partial charge in [-0.3, -0.25) is 0 Å². The van der Waals surface area contributed by atoms with Crippen LogP contribution in [0, 0.1) is 0 Å². The van der Waals surface area contributed by atoms with Crippen LogP contribution in [0.25, 0.3) is 0 Å². The predicted molar refractivity (Wildman–Crippen MR) is 72.2 cm³/mol. The highest BCUT2D eigenvalue weighted by Crippen LogP contribution is 2.18. The van der Waals surface area contributed by atoms with Crippen molar-refractivity contribution in [1.29, 1.82) is 0 Å². The Morgan fingerprint density at radius 1 is 1.32 bits per heavy atom. The Hall–Kier alpha value is -0.590. The number of hydrogen-bond acceptors (Lipinski definition) is 2. The molecule has 1 unspecified atom stereocenters. The van der Waals surface area contributed by atoms with E-state index in [9.17, 15) is 13.2 Å². The molecule has 1 rings (SSSR count). The monoisotopic (exact) mass is 339 g/mol. The van der Waals surface area contributed by atoms with Gasteiger partial charge in [0, 0.05) is 10.5 Å². The summed E-state index contributed by atoms with van der Waals surface area (Å²) < 4.78 is 41.8. The molecule has 0 aliphatic rings. The van der Waals surface area contributed by atoms with Crippen LogP contribution in [-0.2, 0) is 11.2 Å². The van der Waals surface area contributed by atoms with Crippen molar-refractivity contribution in [1.82, 2.24) is 5.32 Å². The molecule has 19 heavy (non-hydrogen) atoms. The Bertz CT molecular complexity index is 384. The van der Waals surface area contributed by atoms with E-state index in [0.29, 0.717) is 13.0 Å². The molecular weight excluding hydrogens is 323 g/mol. The third kappa shape index (κ3) is 6.94. The third-order valence-corrected chi connectivity index (χ3v) is 3.28. The molecule has 1 aromatic carbocycles. The number of hydrogen-bond donors (Lipinski definition) is 1. The summed E-state index contributed by atoms with van der Waals surface area (Å²) in [5.41, 5.74) is 1.05. The van der Waals surface area contributed by atoms with E-state index in [1.54, 1.807) is 0 Å². The van der Waals surface area contributed by atoms with E-state index in [0.717, 1.165) is 10.0 Å². The molecule has 0 bridgehead atoms. The van der Waals surface area contributed by atoms with E-state index in [2.05, 4.69) is 21.2 Å². The normalized spacial score (nSPS) is 13.5. The summed E-state index contributed by atoms with van der Waals surface area (Å²) in [5, 5.41) is 3.13. The van der Waals surface area contributed by atoms with E-state index < -0.39 is 12.8 Å². The van der Waals surface area contributed by atoms with Gasteiger partial charge in [0.25, 0.3) is 0 Å². The summed E-state index contributed by atoms with van der Waals surface area (Å²) in [7, 11) is 0. The zero-order chi connectivity index (χ0) is 14.3. The lowest BCUT2D eigenvalue weighted by Gasteiger charge is -2.19. The van der Waals surface area contributed by atoms with E-state index in [1.165, 1.54) is 0 Å². The quantitative estimate of drug-likeness (QED) is 0.820. The van der Waals surface area contributed by atoms with Crippen molar-refractivity contribution in [3.8, 4) is 0 Å². The third-order valence-electron chi connectivity index (χ3n) is 2.50. The minimum absolute atomic E-state index is 0.0364. The van der Waals surface area contributed by atoms with Crippen molar-refractivity contribution in [3.63, 3.8) is 0 Å². The number of ether oxygens (including phenoxy) is 1. The van der Waals surface area contributed by atoms with Crippen LogP contribution < -0.4 is 5.32 Å². The van der Waals surface area contributed by atoms with Crippen LogP contribution in [0.4, 0.5) is 13.2 Å². The van der Waals surface area contributed by atoms with Gasteiger partial charge < -0.3 is 10.1 Å². The van der Waals surface area contributed by atoms with E-state index in [4.69, 9.17) is 4.74 Å². The molecule has 0 spiro atoms. The van der Waals surface area contributed by atoms with Crippen LogP contribution >= 0.6 is 15.9 Å². The first-order valence-electron chi connectivity index (χ1n) is 6.03. The fraction of sp³-hybridized carbons (Fsp3) is 0.538. The zero-order valence-electron chi connectivity index (χ0n) is 10.6.